The van der Waals surface area contributed by atoms with Gasteiger partial charge in [0.15, 0.2) is 11.9 Å². The van der Waals surface area contributed by atoms with Gasteiger partial charge in [-0.3, -0.25) is 0 Å². The molecule has 1 aromatic carbocycles. The van der Waals surface area contributed by atoms with Gasteiger partial charge in [-0.25, -0.2) is 4.79 Å². The molecular formula is C12H14AsNO8. The zero-order valence-electron chi connectivity index (χ0n) is 11.1. The van der Waals surface area contributed by atoms with Crippen LogP contribution in [-0.4, -0.2) is 66.0 Å². The number of phenolic OH excluding ortho intramolecular Hbond substituents is 1. The Kier molecular flexibility index (Phi) is 6.36. The largest absolute Gasteiger partial charge is 0.505 e. The number of nitrogens with two attached hydrogens (primary N) is 1. The molecule has 0 radical (unpaired) electrons. The van der Waals surface area contributed by atoms with Crippen molar-refractivity contribution in [3.05, 3.63) is 29.7 Å². The third-order valence-electron chi connectivity index (χ3n) is 2.59. The average molecular weight is 375 g/mol. The molecule has 0 fully saturated rings. The Balaban J connectivity index is 0.000000224. The van der Waals surface area contributed by atoms with Crippen molar-refractivity contribution in [2.75, 3.05) is 12.3 Å². The fourth-order valence-electron chi connectivity index (χ4n) is 1.42. The van der Waals surface area contributed by atoms with Crippen molar-refractivity contribution in [1.29, 1.82) is 0 Å². The normalized spacial score (nSPS) is 18.6. The minimum absolute atomic E-state index is 0.0402. The molecule has 0 unspecified atom stereocenters. The molecule has 0 bridgehead atoms. The molecule has 1 aromatic rings. The first-order valence-corrected chi connectivity index (χ1v) is 7.56. The van der Waals surface area contributed by atoms with Crippen LogP contribution in [0.3, 0.4) is 0 Å². The van der Waals surface area contributed by atoms with E-state index in [-0.39, 0.29) is 11.4 Å². The van der Waals surface area contributed by atoms with E-state index in [1.165, 1.54) is 12.1 Å². The molecule has 120 valence electrons. The van der Waals surface area contributed by atoms with E-state index in [9.17, 15) is 8.53 Å². The summed E-state index contributed by atoms with van der Waals surface area (Å²) in [7, 11) is 0. The van der Waals surface area contributed by atoms with Gasteiger partial charge in [0.25, 0.3) is 0 Å². The summed E-state index contributed by atoms with van der Waals surface area (Å²) in [6.45, 7) is -0.671. The van der Waals surface area contributed by atoms with Crippen LogP contribution in [-0.2, 0) is 13.3 Å². The molecule has 0 saturated carbocycles. The van der Waals surface area contributed by atoms with Crippen LogP contribution in [0, 0.1) is 0 Å². The van der Waals surface area contributed by atoms with E-state index >= 15 is 0 Å². The first-order chi connectivity index (χ1) is 10.3. The SMILES string of the molecule is Nc1cc([As]=O)ccc1O.O=C1O[C@H]([C@@H](O)CO)C(O)=C1O. The molecule has 0 aromatic heterocycles. The summed E-state index contributed by atoms with van der Waals surface area (Å²) in [6.07, 6.45) is -2.78. The molecule has 0 saturated heterocycles. The van der Waals surface area contributed by atoms with Crippen LogP contribution in [0.25, 0.3) is 0 Å². The van der Waals surface area contributed by atoms with E-state index in [4.69, 9.17) is 31.3 Å². The van der Waals surface area contributed by atoms with Gasteiger partial charge >= 0.3 is 70.2 Å². The number of hydrogen-bond donors (Lipinski definition) is 6. The minimum atomic E-state index is -1.42. The predicted molar refractivity (Wildman–Crippen MR) is 73.8 cm³/mol. The quantitative estimate of drug-likeness (QED) is 0.155. The molecule has 2 atom stereocenters. The predicted octanol–water partition coefficient (Wildman–Crippen LogP) is -1.76. The summed E-state index contributed by atoms with van der Waals surface area (Å²) in [5, 5.41) is 44.0. The van der Waals surface area contributed by atoms with Crippen LogP contribution < -0.4 is 10.1 Å². The molecule has 10 heteroatoms. The average Bonchev–Trinajstić information content (AvgIpc) is 2.77. The number of anilines is 1. The van der Waals surface area contributed by atoms with Gasteiger partial charge in [0.1, 0.15) is 6.10 Å². The summed E-state index contributed by atoms with van der Waals surface area (Å²) in [6, 6.07) is 4.55. The number of nitrogen functional groups attached to an aromatic ring is 1. The first-order valence-electron chi connectivity index (χ1n) is 5.85. The zero-order chi connectivity index (χ0) is 16.9. The van der Waals surface area contributed by atoms with E-state index in [1.807, 2.05) is 0 Å². The molecule has 9 nitrogen and oxygen atoms in total. The second kappa shape index (κ2) is 7.79. The summed E-state index contributed by atoms with van der Waals surface area (Å²) in [5.74, 6) is -2.74. The van der Waals surface area contributed by atoms with E-state index in [2.05, 4.69) is 4.74 Å². The van der Waals surface area contributed by atoms with Crippen LogP contribution >= 0.6 is 0 Å². The van der Waals surface area contributed by atoms with Crippen LogP contribution in [0.4, 0.5) is 5.69 Å². The maximum absolute atomic E-state index is 10.5. The Labute approximate surface area is 131 Å². The second-order valence-electron chi connectivity index (χ2n) is 4.14. The summed E-state index contributed by atoms with van der Waals surface area (Å²) < 4.78 is 15.4. The smallest absolute Gasteiger partial charge is 0.377 e. The number of carbonyl (C=O) groups excluding carboxylic acids is 1. The summed E-state index contributed by atoms with van der Waals surface area (Å²) in [5.41, 5.74) is 5.60. The number of phenols is 1. The van der Waals surface area contributed by atoms with Crippen LogP contribution in [0.2, 0.25) is 0 Å². The molecule has 0 amide bonds. The summed E-state index contributed by atoms with van der Waals surface area (Å²) >= 11 is -1.03. The first kappa shape index (κ1) is 18.0. The maximum atomic E-state index is 10.5. The van der Waals surface area contributed by atoms with E-state index in [1.54, 1.807) is 6.07 Å². The summed E-state index contributed by atoms with van der Waals surface area (Å²) in [4.78, 5) is 10.5. The molecule has 1 aliphatic rings. The molecule has 7 N–H and O–H groups in total. The van der Waals surface area contributed by atoms with Crippen molar-refractivity contribution >= 4 is 31.7 Å². The van der Waals surface area contributed by atoms with Gasteiger partial charge in [0.05, 0.1) is 6.61 Å². The van der Waals surface area contributed by atoms with Gasteiger partial charge in [-0.15, -0.1) is 0 Å². The number of benzene rings is 1. The molecular weight excluding hydrogens is 361 g/mol. The Hall–Kier alpha value is -2.09. The van der Waals surface area contributed by atoms with Crippen molar-refractivity contribution < 1.29 is 38.8 Å². The van der Waals surface area contributed by atoms with Crippen molar-refractivity contribution in [2.45, 2.75) is 12.2 Å². The van der Waals surface area contributed by atoms with Gasteiger partial charge in [0, 0.05) is 0 Å². The number of esters is 1. The van der Waals surface area contributed by atoms with Gasteiger partial charge in [-0.05, 0) is 0 Å². The van der Waals surface area contributed by atoms with Gasteiger partial charge in [-0.1, -0.05) is 0 Å². The minimum Gasteiger partial charge on any atom is -0.505 e. The molecule has 0 spiro atoms. The fourth-order valence-corrected chi connectivity index (χ4v) is 2.11. The second-order valence-corrected chi connectivity index (χ2v) is 5.61. The van der Waals surface area contributed by atoms with Gasteiger partial charge in [-0.2, -0.15) is 0 Å². The van der Waals surface area contributed by atoms with Crippen LogP contribution in [0.15, 0.2) is 29.7 Å². The molecule has 0 aliphatic carbocycles. The Morgan fingerprint density at radius 1 is 1.32 bits per heavy atom. The third kappa shape index (κ3) is 4.20. The van der Waals surface area contributed by atoms with Gasteiger partial charge < -0.3 is 25.2 Å². The molecule has 1 aliphatic heterocycles. The Bertz CT molecular complexity index is 603. The van der Waals surface area contributed by atoms with E-state index in [0.717, 1.165) is 0 Å². The van der Waals surface area contributed by atoms with E-state index in [0.29, 0.717) is 4.35 Å². The number of ether oxygens (including phenoxy) is 1. The van der Waals surface area contributed by atoms with Crippen molar-refractivity contribution in [3.63, 3.8) is 0 Å². The third-order valence-corrected chi connectivity index (χ3v) is 3.62. The Morgan fingerprint density at radius 3 is 2.36 bits per heavy atom. The Morgan fingerprint density at radius 2 is 1.95 bits per heavy atom. The van der Waals surface area contributed by atoms with Crippen molar-refractivity contribution in [2.24, 2.45) is 0 Å². The van der Waals surface area contributed by atoms with Gasteiger partial charge in [0.2, 0.25) is 5.76 Å². The number of aliphatic hydroxyl groups excluding tert-OH is 4. The number of aromatic hydroxyl groups is 1. The maximum Gasteiger partial charge on any atom is 0.377 e. The zero-order valence-corrected chi connectivity index (χ0v) is 13.0. The standard InChI is InChI=1S/C6H6AsNO2.C6H8O6/c8-5-3-4(7-10)1-2-6(5)9;7-1-2(8)5-3(9)4(10)6(11)12-5/h1-3,9H,8H2;2,5,7-10H,1H2/t;2-,5+/m.0/s1. The number of hydrogen-bond acceptors (Lipinski definition) is 9. The number of cyclic esters (lactones) is 1. The van der Waals surface area contributed by atoms with Crippen LogP contribution in [0.1, 0.15) is 0 Å². The van der Waals surface area contributed by atoms with Crippen LogP contribution in [0.5, 0.6) is 5.75 Å². The van der Waals surface area contributed by atoms with E-state index < -0.39 is 52.0 Å². The monoisotopic (exact) mass is 375 g/mol. The number of rotatable bonds is 3. The van der Waals surface area contributed by atoms with Crippen molar-refractivity contribution in [1.82, 2.24) is 0 Å². The van der Waals surface area contributed by atoms with Crippen molar-refractivity contribution in [3.8, 4) is 5.75 Å². The topological polar surface area (TPSA) is 171 Å². The fraction of sp³-hybridized carbons (Fsp3) is 0.250. The molecule has 1 heterocycles. The molecule has 2 rings (SSSR count). The molecule has 22 heavy (non-hydrogen) atoms. The number of carbonyl (C=O) groups is 1. The number of aliphatic hydroxyl groups is 4.